The molecule has 0 saturated carbocycles. The second-order valence-electron chi connectivity index (χ2n) is 4.49. The van der Waals surface area contributed by atoms with Gasteiger partial charge in [-0.3, -0.25) is 0 Å². The number of carboxylic acid groups (broad SMARTS) is 1. The van der Waals surface area contributed by atoms with Gasteiger partial charge in [-0.05, 0) is 35.9 Å². The summed E-state index contributed by atoms with van der Waals surface area (Å²) in [6.45, 7) is -0.00627. The zero-order chi connectivity index (χ0) is 16.9. The molecule has 0 radical (unpaired) electrons. The second-order valence-corrected chi connectivity index (χ2v) is 6.22. The molecule has 1 aromatic carbocycles. The number of benzene rings is 1. The molecule has 8 heteroatoms. The summed E-state index contributed by atoms with van der Waals surface area (Å²) in [7, 11) is -2.50. The van der Waals surface area contributed by atoms with Crippen LogP contribution in [0.3, 0.4) is 0 Å². The summed E-state index contributed by atoms with van der Waals surface area (Å²) in [6.07, 6.45) is 3.67. The molecule has 0 spiro atoms. The molecule has 0 aliphatic rings. The van der Waals surface area contributed by atoms with Gasteiger partial charge >= 0.3 is 5.97 Å². The molecule has 1 aromatic heterocycles. The third-order valence-corrected chi connectivity index (χ3v) is 4.33. The number of furan rings is 1. The highest BCUT2D eigenvalue weighted by Crippen LogP contribution is 2.25. The molecular weight excluding hydrogens is 322 g/mol. The van der Waals surface area contributed by atoms with E-state index in [4.69, 9.17) is 14.3 Å². The van der Waals surface area contributed by atoms with E-state index < -0.39 is 16.0 Å². The van der Waals surface area contributed by atoms with Crippen LogP contribution in [0.5, 0.6) is 5.75 Å². The maximum atomic E-state index is 12.4. The minimum atomic E-state index is -3.86. The van der Waals surface area contributed by atoms with Crippen molar-refractivity contribution in [1.29, 1.82) is 0 Å². The number of aliphatic carboxylic acids is 1. The van der Waals surface area contributed by atoms with E-state index in [2.05, 4.69) is 4.72 Å². The number of carbonyl (C=O) groups is 1. The molecule has 23 heavy (non-hydrogen) atoms. The molecular formula is C15H15NO6S. The topological polar surface area (TPSA) is 106 Å². The van der Waals surface area contributed by atoms with Gasteiger partial charge in [-0.25, -0.2) is 17.9 Å². The van der Waals surface area contributed by atoms with E-state index in [9.17, 15) is 13.2 Å². The third kappa shape index (κ3) is 4.44. The van der Waals surface area contributed by atoms with Crippen LogP contribution in [0.1, 0.15) is 11.3 Å². The van der Waals surface area contributed by atoms with Gasteiger partial charge in [0.2, 0.25) is 10.0 Å². The molecule has 0 bridgehead atoms. The smallest absolute Gasteiger partial charge is 0.328 e. The quantitative estimate of drug-likeness (QED) is 0.747. The number of carboxylic acids is 1. The summed E-state index contributed by atoms with van der Waals surface area (Å²) in [5.41, 5.74) is 0.423. The molecule has 0 fully saturated rings. The van der Waals surface area contributed by atoms with Crippen molar-refractivity contribution < 1.29 is 27.5 Å². The van der Waals surface area contributed by atoms with E-state index in [0.717, 1.165) is 6.08 Å². The molecule has 0 aliphatic heterocycles. The summed E-state index contributed by atoms with van der Waals surface area (Å²) >= 11 is 0. The van der Waals surface area contributed by atoms with Crippen molar-refractivity contribution in [3.63, 3.8) is 0 Å². The third-order valence-electron chi connectivity index (χ3n) is 2.91. The van der Waals surface area contributed by atoms with Crippen molar-refractivity contribution in [2.24, 2.45) is 0 Å². The average Bonchev–Trinajstić information content (AvgIpc) is 3.04. The molecule has 2 N–H and O–H groups in total. The monoisotopic (exact) mass is 337 g/mol. The van der Waals surface area contributed by atoms with Crippen LogP contribution in [0.15, 0.2) is 52.0 Å². The van der Waals surface area contributed by atoms with Gasteiger partial charge in [-0.2, -0.15) is 0 Å². The first-order valence-electron chi connectivity index (χ1n) is 6.53. The van der Waals surface area contributed by atoms with Crippen LogP contribution >= 0.6 is 0 Å². The summed E-state index contributed by atoms with van der Waals surface area (Å²) < 4.78 is 37.4. The molecule has 2 rings (SSSR count). The predicted molar refractivity (Wildman–Crippen MR) is 82.4 cm³/mol. The Labute approximate surface area is 133 Å². The Morgan fingerprint density at radius 3 is 2.78 bits per heavy atom. The second kappa shape index (κ2) is 7.12. The number of rotatable bonds is 7. The Bertz CT molecular complexity index is 808. The molecule has 0 atom stereocenters. The highest BCUT2D eigenvalue weighted by molar-refractivity contribution is 7.89. The van der Waals surface area contributed by atoms with Gasteiger partial charge in [0, 0.05) is 6.08 Å². The Balaban J connectivity index is 2.30. The zero-order valence-corrected chi connectivity index (χ0v) is 13.0. The lowest BCUT2D eigenvalue weighted by molar-refractivity contribution is -0.131. The van der Waals surface area contributed by atoms with Gasteiger partial charge < -0.3 is 14.3 Å². The summed E-state index contributed by atoms with van der Waals surface area (Å²) in [4.78, 5) is 10.5. The van der Waals surface area contributed by atoms with Crippen molar-refractivity contribution in [2.75, 3.05) is 7.11 Å². The van der Waals surface area contributed by atoms with E-state index >= 15 is 0 Å². The van der Waals surface area contributed by atoms with Gasteiger partial charge in [0.25, 0.3) is 0 Å². The van der Waals surface area contributed by atoms with Crippen LogP contribution in [-0.2, 0) is 21.4 Å². The van der Waals surface area contributed by atoms with E-state index in [1.54, 1.807) is 18.2 Å². The molecule has 0 aliphatic carbocycles. The van der Waals surface area contributed by atoms with Crippen LogP contribution in [0.25, 0.3) is 6.08 Å². The molecule has 0 unspecified atom stereocenters. The maximum absolute atomic E-state index is 12.4. The number of methoxy groups -OCH3 is 1. The van der Waals surface area contributed by atoms with Crippen molar-refractivity contribution in [2.45, 2.75) is 11.4 Å². The van der Waals surface area contributed by atoms with Crippen molar-refractivity contribution >= 4 is 22.1 Å². The van der Waals surface area contributed by atoms with Gasteiger partial charge in [-0.15, -0.1) is 0 Å². The normalized spacial score (nSPS) is 11.7. The number of hydrogen-bond donors (Lipinski definition) is 2. The van der Waals surface area contributed by atoms with Crippen LogP contribution < -0.4 is 9.46 Å². The first kappa shape index (κ1) is 16.8. The highest BCUT2D eigenvalue weighted by atomic mass is 32.2. The average molecular weight is 337 g/mol. The first-order valence-corrected chi connectivity index (χ1v) is 8.02. The fraction of sp³-hybridized carbons (Fsp3) is 0.133. The number of hydrogen-bond acceptors (Lipinski definition) is 5. The maximum Gasteiger partial charge on any atom is 0.328 e. The van der Waals surface area contributed by atoms with Gasteiger partial charge in [0.05, 0.1) is 19.9 Å². The lowest BCUT2D eigenvalue weighted by Crippen LogP contribution is -2.23. The standard InChI is InChI=1S/C15H15NO6S/c1-21-13-6-4-11(5-7-15(17)18)9-14(13)23(19,20)16-10-12-3-2-8-22-12/h2-9,16H,10H2,1H3,(H,17,18). The Hall–Kier alpha value is -2.58. The highest BCUT2D eigenvalue weighted by Gasteiger charge is 2.20. The minimum Gasteiger partial charge on any atom is -0.495 e. The Morgan fingerprint density at radius 1 is 1.39 bits per heavy atom. The van der Waals surface area contributed by atoms with Crippen molar-refractivity contribution in [3.8, 4) is 5.75 Å². The zero-order valence-electron chi connectivity index (χ0n) is 12.2. The Morgan fingerprint density at radius 2 is 2.17 bits per heavy atom. The number of ether oxygens (including phenoxy) is 1. The molecule has 2 aromatic rings. The lowest BCUT2D eigenvalue weighted by Gasteiger charge is -2.11. The van der Waals surface area contributed by atoms with Gasteiger partial charge in [0.15, 0.2) is 0 Å². The van der Waals surface area contributed by atoms with Crippen LogP contribution in [0.4, 0.5) is 0 Å². The molecule has 0 saturated heterocycles. The summed E-state index contributed by atoms with van der Waals surface area (Å²) in [6, 6.07) is 7.66. The minimum absolute atomic E-state index is 0.00627. The van der Waals surface area contributed by atoms with Crippen molar-refractivity contribution in [3.05, 3.63) is 54.0 Å². The van der Waals surface area contributed by atoms with E-state index in [1.165, 1.54) is 31.6 Å². The molecule has 1 heterocycles. The molecule has 7 nitrogen and oxygen atoms in total. The van der Waals surface area contributed by atoms with Crippen LogP contribution in [0.2, 0.25) is 0 Å². The van der Waals surface area contributed by atoms with Gasteiger partial charge in [-0.1, -0.05) is 6.07 Å². The number of sulfonamides is 1. The SMILES string of the molecule is COc1ccc(C=CC(=O)O)cc1S(=O)(=O)NCc1ccco1. The lowest BCUT2D eigenvalue weighted by atomic mass is 10.2. The number of nitrogens with one attached hydrogen (secondary N) is 1. The van der Waals surface area contributed by atoms with Crippen molar-refractivity contribution in [1.82, 2.24) is 4.72 Å². The summed E-state index contributed by atoms with van der Waals surface area (Å²) in [5.74, 6) is -0.500. The largest absolute Gasteiger partial charge is 0.495 e. The fourth-order valence-corrected chi connectivity index (χ4v) is 3.03. The first-order chi connectivity index (χ1) is 10.9. The molecule has 122 valence electrons. The van der Waals surface area contributed by atoms with E-state index in [0.29, 0.717) is 11.3 Å². The van der Waals surface area contributed by atoms with E-state index in [1.807, 2.05) is 0 Å². The van der Waals surface area contributed by atoms with E-state index in [-0.39, 0.29) is 17.2 Å². The summed E-state index contributed by atoms with van der Waals surface area (Å²) in [5, 5.41) is 8.64. The Kier molecular flexibility index (Phi) is 5.20. The molecule has 0 amide bonds. The fourth-order valence-electron chi connectivity index (χ4n) is 1.83. The predicted octanol–water partition coefficient (Wildman–Crippen LogP) is 1.86. The van der Waals surface area contributed by atoms with Crippen LogP contribution in [0, 0.1) is 0 Å². The van der Waals surface area contributed by atoms with Gasteiger partial charge in [0.1, 0.15) is 16.4 Å². The van der Waals surface area contributed by atoms with Crippen LogP contribution in [-0.4, -0.2) is 26.6 Å².